The van der Waals surface area contributed by atoms with Crippen LogP contribution in [0.2, 0.25) is 0 Å². The molecular formula is C15H17N3O2S. The molecule has 1 aromatic heterocycles. The zero-order chi connectivity index (χ0) is 14.7. The molecule has 110 valence electrons. The highest BCUT2D eigenvalue weighted by Crippen LogP contribution is 2.22. The molecular weight excluding hydrogens is 286 g/mol. The third kappa shape index (κ3) is 3.16. The van der Waals surface area contributed by atoms with Crippen LogP contribution in [0.4, 0.5) is 5.13 Å². The fourth-order valence-electron chi connectivity index (χ4n) is 2.44. The summed E-state index contributed by atoms with van der Waals surface area (Å²) in [6.07, 6.45) is 2.75. The molecule has 0 radical (unpaired) electrons. The summed E-state index contributed by atoms with van der Waals surface area (Å²) in [5, 5.41) is 6.08. The van der Waals surface area contributed by atoms with Crippen LogP contribution in [0, 0.1) is 0 Å². The summed E-state index contributed by atoms with van der Waals surface area (Å²) in [4.78, 5) is 18.7. The summed E-state index contributed by atoms with van der Waals surface area (Å²) in [6, 6.07) is 7.32. The van der Waals surface area contributed by atoms with Gasteiger partial charge in [-0.2, -0.15) is 0 Å². The smallest absolute Gasteiger partial charge is 0.251 e. The maximum atomic E-state index is 12.2. The molecule has 2 aromatic rings. The minimum Gasteiger partial charge on any atom is -0.497 e. The Morgan fingerprint density at radius 1 is 1.43 bits per heavy atom. The highest BCUT2D eigenvalue weighted by atomic mass is 32.1. The number of aromatic nitrogens is 1. The maximum Gasteiger partial charge on any atom is 0.251 e. The Morgan fingerprint density at radius 2 is 2.24 bits per heavy atom. The van der Waals surface area contributed by atoms with E-state index in [1.165, 1.54) is 0 Å². The van der Waals surface area contributed by atoms with Gasteiger partial charge in [0.1, 0.15) is 5.75 Å². The molecule has 1 aliphatic rings. The van der Waals surface area contributed by atoms with Gasteiger partial charge in [0.15, 0.2) is 5.13 Å². The molecule has 5 nitrogen and oxygen atoms in total. The Labute approximate surface area is 127 Å². The van der Waals surface area contributed by atoms with Crippen LogP contribution >= 0.6 is 11.3 Å². The van der Waals surface area contributed by atoms with Crippen LogP contribution in [0.25, 0.3) is 0 Å². The topological polar surface area (TPSA) is 54.5 Å². The SMILES string of the molecule is COc1ccc(C(=O)NC2CCN(c3nccs3)C2)cc1. The third-order valence-electron chi connectivity index (χ3n) is 3.57. The molecule has 1 aromatic carbocycles. The van der Waals surface area contributed by atoms with Gasteiger partial charge in [0.25, 0.3) is 5.91 Å². The molecule has 1 fully saturated rings. The van der Waals surface area contributed by atoms with Gasteiger partial charge in [-0.1, -0.05) is 0 Å². The second kappa shape index (κ2) is 6.13. The summed E-state index contributed by atoms with van der Waals surface area (Å²) in [7, 11) is 1.61. The van der Waals surface area contributed by atoms with Gasteiger partial charge in [0.2, 0.25) is 0 Å². The predicted molar refractivity (Wildman–Crippen MR) is 83.2 cm³/mol. The van der Waals surface area contributed by atoms with Crippen molar-refractivity contribution in [2.24, 2.45) is 0 Å². The minimum absolute atomic E-state index is 0.0383. The highest BCUT2D eigenvalue weighted by molar-refractivity contribution is 7.13. The van der Waals surface area contributed by atoms with E-state index in [0.717, 1.165) is 30.4 Å². The number of benzene rings is 1. The second-order valence-electron chi connectivity index (χ2n) is 4.95. The fraction of sp³-hybridized carbons (Fsp3) is 0.333. The lowest BCUT2D eigenvalue weighted by Crippen LogP contribution is -2.37. The van der Waals surface area contributed by atoms with Gasteiger partial charge in [0, 0.05) is 36.3 Å². The number of carbonyl (C=O) groups excluding carboxylic acids is 1. The molecule has 1 atom stereocenters. The van der Waals surface area contributed by atoms with Crippen LogP contribution in [0.5, 0.6) is 5.75 Å². The lowest BCUT2D eigenvalue weighted by atomic mass is 10.2. The number of nitrogens with zero attached hydrogens (tertiary/aromatic N) is 2. The Hall–Kier alpha value is -2.08. The number of carbonyl (C=O) groups is 1. The van der Waals surface area contributed by atoms with Gasteiger partial charge in [-0.05, 0) is 30.7 Å². The van der Waals surface area contributed by atoms with Crippen molar-refractivity contribution in [3.05, 3.63) is 41.4 Å². The molecule has 0 spiro atoms. The van der Waals surface area contributed by atoms with Gasteiger partial charge >= 0.3 is 0 Å². The van der Waals surface area contributed by atoms with E-state index in [-0.39, 0.29) is 11.9 Å². The molecule has 1 saturated heterocycles. The van der Waals surface area contributed by atoms with Gasteiger partial charge < -0.3 is 15.0 Å². The van der Waals surface area contributed by atoms with E-state index in [4.69, 9.17) is 4.74 Å². The van der Waals surface area contributed by atoms with Crippen molar-refractivity contribution in [2.75, 3.05) is 25.1 Å². The molecule has 3 rings (SSSR count). The number of ether oxygens (including phenoxy) is 1. The van der Waals surface area contributed by atoms with Crippen molar-refractivity contribution in [1.29, 1.82) is 0 Å². The largest absolute Gasteiger partial charge is 0.497 e. The summed E-state index contributed by atoms with van der Waals surface area (Å²) in [6.45, 7) is 1.75. The quantitative estimate of drug-likeness (QED) is 0.940. The first-order valence-electron chi connectivity index (χ1n) is 6.85. The number of anilines is 1. The number of nitrogens with one attached hydrogen (secondary N) is 1. The van der Waals surface area contributed by atoms with E-state index in [9.17, 15) is 4.79 Å². The predicted octanol–water partition coefficient (Wildman–Crippen LogP) is 2.16. The van der Waals surface area contributed by atoms with Crippen LogP contribution in [0.1, 0.15) is 16.8 Å². The van der Waals surface area contributed by atoms with E-state index >= 15 is 0 Å². The first-order valence-corrected chi connectivity index (χ1v) is 7.73. The third-order valence-corrected chi connectivity index (χ3v) is 4.40. The molecule has 21 heavy (non-hydrogen) atoms. The zero-order valence-corrected chi connectivity index (χ0v) is 12.6. The van der Waals surface area contributed by atoms with Crippen molar-refractivity contribution in [3.8, 4) is 5.75 Å². The van der Waals surface area contributed by atoms with Crippen LogP contribution in [-0.4, -0.2) is 37.1 Å². The van der Waals surface area contributed by atoms with Crippen molar-refractivity contribution in [1.82, 2.24) is 10.3 Å². The van der Waals surface area contributed by atoms with E-state index in [1.807, 2.05) is 11.6 Å². The molecule has 0 bridgehead atoms. The number of amides is 1. The lowest BCUT2D eigenvalue weighted by Gasteiger charge is -2.15. The Balaban J connectivity index is 1.58. The molecule has 2 heterocycles. The average molecular weight is 303 g/mol. The van der Waals surface area contributed by atoms with E-state index in [0.29, 0.717) is 5.56 Å². The van der Waals surface area contributed by atoms with Crippen LogP contribution < -0.4 is 15.0 Å². The Morgan fingerprint density at radius 3 is 2.90 bits per heavy atom. The van der Waals surface area contributed by atoms with Gasteiger partial charge in [-0.25, -0.2) is 4.98 Å². The minimum atomic E-state index is -0.0383. The van der Waals surface area contributed by atoms with E-state index in [2.05, 4.69) is 15.2 Å². The van der Waals surface area contributed by atoms with Crippen molar-refractivity contribution >= 4 is 22.4 Å². The zero-order valence-electron chi connectivity index (χ0n) is 11.8. The number of hydrogen-bond acceptors (Lipinski definition) is 5. The summed E-state index contributed by atoms with van der Waals surface area (Å²) >= 11 is 1.63. The van der Waals surface area contributed by atoms with Gasteiger partial charge in [-0.15, -0.1) is 11.3 Å². The highest BCUT2D eigenvalue weighted by Gasteiger charge is 2.25. The van der Waals surface area contributed by atoms with Gasteiger partial charge in [0.05, 0.1) is 7.11 Å². The summed E-state index contributed by atoms with van der Waals surface area (Å²) in [5.74, 6) is 0.714. The van der Waals surface area contributed by atoms with Crippen molar-refractivity contribution in [3.63, 3.8) is 0 Å². The lowest BCUT2D eigenvalue weighted by molar-refractivity contribution is 0.0940. The average Bonchev–Trinajstić information content (AvgIpc) is 3.18. The Bertz CT molecular complexity index is 598. The normalized spacial score (nSPS) is 17.8. The maximum absolute atomic E-state index is 12.2. The number of rotatable bonds is 4. The molecule has 1 aliphatic heterocycles. The van der Waals surface area contributed by atoms with Gasteiger partial charge in [-0.3, -0.25) is 4.79 Å². The molecule has 1 amide bonds. The van der Waals surface area contributed by atoms with E-state index < -0.39 is 0 Å². The molecule has 1 N–H and O–H groups in total. The number of methoxy groups -OCH3 is 1. The van der Waals surface area contributed by atoms with Crippen LogP contribution in [0.3, 0.4) is 0 Å². The Kier molecular flexibility index (Phi) is 4.06. The first-order chi connectivity index (χ1) is 10.3. The number of hydrogen-bond donors (Lipinski definition) is 1. The first kappa shape index (κ1) is 13.9. The van der Waals surface area contributed by atoms with Crippen molar-refractivity contribution in [2.45, 2.75) is 12.5 Å². The summed E-state index contributed by atoms with van der Waals surface area (Å²) < 4.78 is 5.09. The molecule has 1 unspecified atom stereocenters. The summed E-state index contributed by atoms with van der Waals surface area (Å²) in [5.41, 5.74) is 0.656. The second-order valence-corrected chi connectivity index (χ2v) is 5.82. The standard InChI is InChI=1S/C15H17N3O2S/c1-20-13-4-2-11(3-5-13)14(19)17-12-6-8-18(10-12)15-16-7-9-21-15/h2-5,7,9,12H,6,8,10H2,1H3,(H,17,19). The van der Waals surface area contributed by atoms with Crippen molar-refractivity contribution < 1.29 is 9.53 Å². The van der Waals surface area contributed by atoms with Crippen LogP contribution in [-0.2, 0) is 0 Å². The molecule has 0 saturated carbocycles. The molecule has 0 aliphatic carbocycles. The van der Waals surface area contributed by atoms with E-state index in [1.54, 1.807) is 42.7 Å². The number of thiazole rings is 1. The van der Waals surface area contributed by atoms with Crippen LogP contribution in [0.15, 0.2) is 35.8 Å². The monoisotopic (exact) mass is 303 g/mol. The fourth-order valence-corrected chi connectivity index (χ4v) is 3.12. The molecule has 6 heteroatoms.